The van der Waals surface area contributed by atoms with E-state index >= 15 is 0 Å². The van der Waals surface area contributed by atoms with Crippen molar-refractivity contribution in [2.75, 3.05) is 11.9 Å². The number of amides is 1. The Labute approximate surface area is 126 Å². The van der Waals surface area contributed by atoms with E-state index in [4.69, 9.17) is 0 Å². The summed E-state index contributed by atoms with van der Waals surface area (Å²) in [5.41, 5.74) is 0.931. The monoisotopic (exact) mass is 308 g/mol. The normalized spacial score (nSPS) is 10.3. The fraction of sp³-hybridized carbons (Fsp3) is 0.188. The molecule has 0 aromatic heterocycles. The van der Waals surface area contributed by atoms with Crippen molar-refractivity contribution < 1.29 is 18.0 Å². The van der Waals surface area contributed by atoms with E-state index in [-0.39, 0.29) is 30.4 Å². The Hall–Kier alpha value is -2.50. The molecule has 6 heteroatoms. The molecule has 0 aliphatic heterocycles. The van der Waals surface area contributed by atoms with Crippen LogP contribution in [0.1, 0.15) is 12.0 Å². The van der Waals surface area contributed by atoms with Gasteiger partial charge in [0.15, 0.2) is 0 Å². The van der Waals surface area contributed by atoms with Gasteiger partial charge >= 0.3 is 0 Å². The lowest BCUT2D eigenvalue weighted by molar-refractivity contribution is -0.121. The molecule has 0 heterocycles. The quantitative estimate of drug-likeness (QED) is 0.860. The number of carbonyl (C=O) groups is 1. The van der Waals surface area contributed by atoms with Crippen molar-refractivity contribution in [1.82, 2.24) is 5.32 Å². The number of carbonyl (C=O) groups excluding carboxylic acids is 1. The van der Waals surface area contributed by atoms with Crippen LogP contribution >= 0.6 is 0 Å². The van der Waals surface area contributed by atoms with E-state index in [9.17, 15) is 18.0 Å². The number of anilines is 1. The minimum atomic E-state index is -0.702. The van der Waals surface area contributed by atoms with Crippen molar-refractivity contribution in [3.8, 4) is 0 Å². The second-order valence-electron chi connectivity index (χ2n) is 4.70. The maximum absolute atomic E-state index is 13.3. The van der Waals surface area contributed by atoms with Crippen molar-refractivity contribution in [3.05, 3.63) is 65.5 Å². The fourth-order valence-corrected chi connectivity index (χ4v) is 1.83. The van der Waals surface area contributed by atoms with Gasteiger partial charge in [-0.1, -0.05) is 12.1 Å². The van der Waals surface area contributed by atoms with Gasteiger partial charge in [-0.25, -0.2) is 13.2 Å². The molecule has 0 saturated carbocycles. The smallest absolute Gasteiger partial charge is 0.222 e. The predicted molar refractivity (Wildman–Crippen MR) is 77.7 cm³/mol. The molecule has 2 rings (SSSR count). The summed E-state index contributed by atoms with van der Waals surface area (Å²) in [6.45, 7) is 0.516. The van der Waals surface area contributed by atoms with E-state index in [2.05, 4.69) is 10.6 Å². The van der Waals surface area contributed by atoms with Gasteiger partial charge in [-0.05, 0) is 29.8 Å². The average molecular weight is 308 g/mol. The van der Waals surface area contributed by atoms with E-state index in [1.54, 1.807) is 12.1 Å². The second kappa shape index (κ2) is 7.49. The van der Waals surface area contributed by atoms with E-state index in [1.807, 2.05) is 0 Å². The highest BCUT2D eigenvalue weighted by molar-refractivity contribution is 5.76. The Morgan fingerprint density at radius 1 is 0.955 bits per heavy atom. The molecule has 3 nitrogen and oxygen atoms in total. The highest BCUT2D eigenvalue weighted by Gasteiger charge is 2.05. The van der Waals surface area contributed by atoms with Crippen molar-refractivity contribution >= 4 is 11.6 Å². The van der Waals surface area contributed by atoms with Crippen LogP contribution < -0.4 is 10.6 Å². The van der Waals surface area contributed by atoms with Crippen LogP contribution in [0.3, 0.4) is 0 Å². The van der Waals surface area contributed by atoms with Gasteiger partial charge in [-0.15, -0.1) is 0 Å². The van der Waals surface area contributed by atoms with Crippen LogP contribution in [0.4, 0.5) is 18.9 Å². The van der Waals surface area contributed by atoms with Crippen LogP contribution in [-0.2, 0) is 11.3 Å². The summed E-state index contributed by atoms with van der Waals surface area (Å²) in [7, 11) is 0. The Morgan fingerprint density at radius 2 is 1.64 bits per heavy atom. The maximum Gasteiger partial charge on any atom is 0.222 e. The van der Waals surface area contributed by atoms with Gasteiger partial charge in [0.2, 0.25) is 5.91 Å². The topological polar surface area (TPSA) is 41.1 Å². The minimum Gasteiger partial charge on any atom is -0.382 e. The molecule has 0 saturated heterocycles. The zero-order valence-corrected chi connectivity index (χ0v) is 11.7. The van der Waals surface area contributed by atoms with Gasteiger partial charge in [0.25, 0.3) is 0 Å². The number of nitrogens with one attached hydrogen (secondary N) is 2. The van der Waals surface area contributed by atoms with Crippen LogP contribution in [0.2, 0.25) is 0 Å². The predicted octanol–water partition coefficient (Wildman–Crippen LogP) is 3.22. The Morgan fingerprint density at radius 3 is 2.32 bits per heavy atom. The van der Waals surface area contributed by atoms with Gasteiger partial charge in [0.05, 0.1) is 5.69 Å². The zero-order chi connectivity index (χ0) is 15.9. The lowest BCUT2D eigenvalue weighted by atomic mass is 10.2. The molecule has 2 aromatic rings. The second-order valence-corrected chi connectivity index (χ2v) is 4.70. The Kier molecular flexibility index (Phi) is 5.41. The van der Waals surface area contributed by atoms with Gasteiger partial charge < -0.3 is 10.6 Å². The summed E-state index contributed by atoms with van der Waals surface area (Å²) < 4.78 is 38.8. The van der Waals surface area contributed by atoms with Gasteiger partial charge in [0.1, 0.15) is 17.5 Å². The summed E-state index contributed by atoms with van der Waals surface area (Å²) in [5.74, 6) is -1.91. The molecule has 1 amide bonds. The number of halogens is 3. The fourth-order valence-electron chi connectivity index (χ4n) is 1.83. The molecule has 0 atom stereocenters. The number of benzene rings is 2. The first-order chi connectivity index (χ1) is 10.5. The van der Waals surface area contributed by atoms with Gasteiger partial charge in [0, 0.05) is 25.6 Å². The maximum atomic E-state index is 13.3. The molecule has 0 aliphatic rings. The molecule has 0 spiro atoms. The summed E-state index contributed by atoms with van der Waals surface area (Å²) in [5, 5.41) is 5.40. The van der Waals surface area contributed by atoms with E-state index in [0.29, 0.717) is 6.54 Å². The largest absolute Gasteiger partial charge is 0.382 e. The third-order valence-corrected chi connectivity index (χ3v) is 3.00. The molecule has 0 fully saturated rings. The SMILES string of the molecule is O=C(CCNc1ccc(F)cc1F)NCc1ccc(F)cc1. The van der Waals surface area contributed by atoms with Crippen LogP contribution in [0.15, 0.2) is 42.5 Å². The molecule has 22 heavy (non-hydrogen) atoms. The van der Waals surface area contributed by atoms with E-state index in [0.717, 1.165) is 17.7 Å². The number of rotatable bonds is 6. The third-order valence-electron chi connectivity index (χ3n) is 3.00. The van der Waals surface area contributed by atoms with Crippen molar-refractivity contribution in [2.24, 2.45) is 0 Å². The summed E-state index contributed by atoms with van der Waals surface area (Å²) in [6, 6.07) is 9.00. The summed E-state index contributed by atoms with van der Waals surface area (Å²) >= 11 is 0. The highest BCUT2D eigenvalue weighted by Crippen LogP contribution is 2.14. The standard InChI is InChI=1S/C16H15F3N2O/c17-12-3-1-11(2-4-12)10-21-16(22)7-8-20-15-6-5-13(18)9-14(15)19/h1-6,9,20H,7-8,10H2,(H,21,22). The first kappa shape index (κ1) is 15.9. The molecule has 0 unspecified atom stereocenters. The average Bonchev–Trinajstić information content (AvgIpc) is 2.49. The molecular weight excluding hydrogens is 293 g/mol. The highest BCUT2D eigenvalue weighted by atomic mass is 19.1. The van der Waals surface area contributed by atoms with Gasteiger partial charge in [-0.3, -0.25) is 4.79 Å². The number of hydrogen-bond donors (Lipinski definition) is 2. The Balaban J connectivity index is 1.72. The number of hydrogen-bond acceptors (Lipinski definition) is 2. The zero-order valence-electron chi connectivity index (χ0n) is 11.7. The molecule has 0 radical (unpaired) electrons. The lowest BCUT2D eigenvalue weighted by Gasteiger charge is -2.08. The molecule has 0 aliphatic carbocycles. The third kappa shape index (κ3) is 4.80. The van der Waals surface area contributed by atoms with Crippen LogP contribution in [0, 0.1) is 17.5 Å². The van der Waals surface area contributed by atoms with E-state index < -0.39 is 11.6 Å². The molecule has 116 valence electrons. The summed E-state index contributed by atoms with van der Waals surface area (Å²) in [4.78, 5) is 11.6. The first-order valence-corrected chi connectivity index (χ1v) is 6.74. The van der Waals surface area contributed by atoms with E-state index in [1.165, 1.54) is 18.2 Å². The van der Waals surface area contributed by atoms with Crippen LogP contribution in [-0.4, -0.2) is 12.5 Å². The summed E-state index contributed by atoms with van der Waals surface area (Å²) in [6.07, 6.45) is 0.137. The van der Waals surface area contributed by atoms with Crippen molar-refractivity contribution in [1.29, 1.82) is 0 Å². The molecule has 2 N–H and O–H groups in total. The van der Waals surface area contributed by atoms with Crippen LogP contribution in [0.5, 0.6) is 0 Å². The lowest BCUT2D eigenvalue weighted by Crippen LogP contribution is -2.25. The molecular formula is C16H15F3N2O. The first-order valence-electron chi connectivity index (χ1n) is 6.74. The van der Waals surface area contributed by atoms with Crippen molar-refractivity contribution in [2.45, 2.75) is 13.0 Å². The van der Waals surface area contributed by atoms with Crippen molar-refractivity contribution in [3.63, 3.8) is 0 Å². The van der Waals surface area contributed by atoms with Crippen LogP contribution in [0.25, 0.3) is 0 Å². The molecule has 0 bridgehead atoms. The van der Waals surface area contributed by atoms with Gasteiger partial charge in [-0.2, -0.15) is 0 Å². The molecule has 2 aromatic carbocycles. The Bertz CT molecular complexity index is 644. The minimum absolute atomic E-state index is 0.137.